The van der Waals surface area contributed by atoms with Gasteiger partial charge in [-0.25, -0.2) is 9.59 Å². The van der Waals surface area contributed by atoms with Gasteiger partial charge in [-0.15, -0.1) is 0 Å². The fourth-order valence-corrected chi connectivity index (χ4v) is 1.93. The number of hydrogen-bond donors (Lipinski definition) is 0. The Kier molecular flexibility index (Phi) is 2.96. The highest BCUT2D eigenvalue weighted by molar-refractivity contribution is 5.85. The molecule has 16 heavy (non-hydrogen) atoms. The van der Waals surface area contributed by atoms with Crippen LogP contribution in [-0.4, -0.2) is 36.9 Å². The van der Waals surface area contributed by atoms with Gasteiger partial charge >= 0.3 is 11.9 Å². The molecule has 2 rings (SSSR count). The SMILES string of the molecule is CCOC(=O)COC(=O)C12C=CC(CC1)O2. The van der Waals surface area contributed by atoms with Crippen LogP contribution >= 0.6 is 0 Å². The zero-order chi connectivity index (χ0) is 11.6. The normalized spacial score (nSPS) is 30.4. The van der Waals surface area contributed by atoms with E-state index in [2.05, 4.69) is 4.74 Å². The molecule has 5 nitrogen and oxygen atoms in total. The number of esters is 2. The van der Waals surface area contributed by atoms with Gasteiger partial charge in [0, 0.05) is 0 Å². The Morgan fingerprint density at radius 3 is 2.81 bits per heavy atom. The second-order valence-corrected chi connectivity index (χ2v) is 3.82. The summed E-state index contributed by atoms with van der Waals surface area (Å²) in [4.78, 5) is 22.7. The number of fused-ring (bicyclic) bond motifs is 2. The summed E-state index contributed by atoms with van der Waals surface area (Å²) in [5, 5.41) is 0. The van der Waals surface area contributed by atoms with Crippen molar-refractivity contribution in [1.82, 2.24) is 0 Å². The number of ether oxygens (including phenoxy) is 3. The van der Waals surface area contributed by atoms with E-state index >= 15 is 0 Å². The molecule has 2 aliphatic rings. The van der Waals surface area contributed by atoms with Crippen LogP contribution in [0.4, 0.5) is 0 Å². The molecule has 5 heteroatoms. The Bertz CT molecular complexity index is 335. The van der Waals surface area contributed by atoms with Crippen LogP contribution in [0.1, 0.15) is 19.8 Å². The lowest BCUT2D eigenvalue weighted by atomic mass is 9.95. The first-order valence-electron chi connectivity index (χ1n) is 5.36. The monoisotopic (exact) mass is 226 g/mol. The van der Waals surface area contributed by atoms with Crippen molar-refractivity contribution in [1.29, 1.82) is 0 Å². The topological polar surface area (TPSA) is 61.8 Å². The predicted molar refractivity (Wildman–Crippen MR) is 53.6 cm³/mol. The van der Waals surface area contributed by atoms with E-state index in [4.69, 9.17) is 9.47 Å². The molecule has 2 aliphatic heterocycles. The summed E-state index contributed by atoms with van der Waals surface area (Å²) >= 11 is 0. The van der Waals surface area contributed by atoms with Gasteiger partial charge in [0.1, 0.15) is 0 Å². The fraction of sp³-hybridized carbons (Fsp3) is 0.636. The number of carbonyl (C=O) groups is 2. The summed E-state index contributed by atoms with van der Waals surface area (Å²) in [7, 11) is 0. The van der Waals surface area contributed by atoms with E-state index in [9.17, 15) is 9.59 Å². The van der Waals surface area contributed by atoms with Gasteiger partial charge in [0.25, 0.3) is 0 Å². The Labute approximate surface area is 93.4 Å². The van der Waals surface area contributed by atoms with E-state index in [1.807, 2.05) is 6.08 Å². The second kappa shape index (κ2) is 4.25. The summed E-state index contributed by atoms with van der Waals surface area (Å²) in [6, 6.07) is 0. The summed E-state index contributed by atoms with van der Waals surface area (Å²) in [5.41, 5.74) is -0.947. The molecule has 2 atom stereocenters. The largest absolute Gasteiger partial charge is 0.463 e. The first-order valence-corrected chi connectivity index (χ1v) is 5.36. The molecule has 2 heterocycles. The average molecular weight is 226 g/mol. The van der Waals surface area contributed by atoms with Crippen molar-refractivity contribution >= 4 is 11.9 Å². The maximum absolute atomic E-state index is 11.7. The summed E-state index contributed by atoms with van der Waals surface area (Å²) in [6.45, 7) is 1.62. The van der Waals surface area contributed by atoms with Crippen molar-refractivity contribution in [2.45, 2.75) is 31.5 Å². The zero-order valence-electron chi connectivity index (χ0n) is 9.10. The Morgan fingerprint density at radius 2 is 2.31 bits per heavy atom. The van der Waals surface area contributed by atoms with Gasteiger partial charge in [-0.2, -0.15) is 0 Å². The van der Waals surface area contributed by atoms with Gasteiger partial charge in [0.2, 0.25) is 0 Å². The van der Waals surface area contributed by atoms with Gasteiger partial charge in [-0.05, 0) is 25.8 Å². The highest BCUT2D eigenvalue weighted by Crippen LogP contribution is 2.38. The molecule has 0 N–H and O–H groups in total. The first kappa shape index (κ1) is 11.1. The van der Waals surface area contributed by atoms with Crippen molar-refractivity contribution in [3.05, 3.63) is 12.2 Å². The van der Waals surface area contributed by atoms with Gasteiger partial charge in [-0.3, -0.25) is 0 Å². The molecule has 0 aromatic rings. The van der Waals surface area contributed by atoms with Crippen LogP contribution in [0.25, 0.3) is 0 Å². The van der Waals surface area contributed by atoms with Crippen molar-refractivity contribution < 1.29 is 23.8 Å². The molecule has 0 amide bonds. The van der Waals surface area contributed by atoms with Crippen LogP contribution in [0.3, 0.4) is 0 Å². The number of rotatable bonds is 4. The minimum atomic E-state index is -0.947. The number of carbonyl (C=O) groups excluding carboxylic acids is 2. The molecule has 0 aliphatic carbocycles. The maximum atomic E-state index is 11.7. The Balaban J connectivity index is 1.85. The van der Waals surface area contributed by atoms with Crippen molar-refractivity contribution in [3.8, 4) is 0 Å². The van der Waals surface area contributed by atoms with E-state index < -0.39 is 17.5 Å². The lowest BCUT2D eigenvalue weighted by Crippen LogP contribution is -2.37. The van der Waals surface area contributed by atoms with E-state index in [-0.39, 0.29) is 19.3 Å². The third-order valence-corrected chi connectivity index (χ3v) is 2.71. The van der Waals surface area contributed by atoms with E-state index in [1.165, 1.54) is 0 Å². The quantitative estimate of drug-likeness (QED) is 0.518. The molecule has 2 unspecified atom stereocenters. The van der Waals surface area contributed by atoms with Gasteiger partial charge in [0.05, 0.1) is 12.7 Å². The van der Waals surface area contributed by atoms with Crippen LogP contribution in [0.15, 0.2) is 12.2 Å². The fourth-order valence-electron chi connectivity index (χ4n) is 1.93. The van der Waals surface area contributed by atoms with Crippen LogP contribution in [0.2, 0.25) is 0 Å². The van der Waals surface area contributed by atoms with Crippen LogP contribution in [0, 0.1) is 0 Å². The van der Waals surface area contributed by atoms with Crippen LogP contribution < -0.4 is 0 Å². The third kappa shape index (κ3) is 1.95. The summed E-state index contributed by atoms with van der Waals surface area (Å²) in [5.74, 6) is -1.04. The molecule has 0 saturated carbocycles. The van der Waals surface area contributed by atoms with Gasteiger partial charge < -0.3 is 14.2 Å². The second-order valence-electron chi connectivity index (χ2n) is 3.82. The molecule has 0 aromatic heterocycles. The molecular weight excluding hydrogens is 212 g/mol. The minimum absolute atomic E-state index is 0.0233. The Morgan fingerprint density at radius 1 is 1.50 bits per heavy atom. The van der Waals surface area contributed by atoms with Gasteiger partial charge in [-0.1, -0.05) is 6.08 Å². The highest BCUT2D eigenvalue weighted by atomic mass is 16.6. The predicted octanol–water partition coefficient (Wildman–Crippen LogP) is 0.580. The molecule has 1 fully saturated rings. The molecule has 0 spiro atoms. The maximum Gasteiger partial charge on any atom is 0.344 e. The molecule has 0 radical (unpaired) electrons. The first-order chi connectivity index (χ1) is 7.66. The third-order valence-electron chi connectivity index (χ3n) is 2.71. The molecule has 88 valence electrons. The highest BCUT2D eigenvalue weighted by Gasteiger charge is 2.49. The van der Waals surface area contributed by atoms with E-state index in [1.54, 1.807) is 13.0 Å². The van der Waals surface area contributed by atoms with Crippen molar-refractivity contribution in [3.63, 3.8) is 0 Å². The Hall–Kier alpha value is -1.36. The van der Waals surface area contributed by atoms with Crippen LogP contribution in [0.5, 0.6) is 0 Å². The standard InChI is InChI=1S/C11H14O5/c1-2-14-9(12)7-15-10(13)11-5-3-8(16-11)4-6-11/h3,5,8H,2,4,6-7H2,1H3. The lowest BCUT2D eigenvalue weighted by Gasteiger charge is -2.19. The molecule has 1 saturated heterocycles. The summed E-state index contributed by atoms with van der Waals surface area (Å²) in [6.07, 6.45) is 5.04. The van der Waals surface area contributed by atoms with E-state index in [0.29, 0.717) is 6.42 Å². The van der Waals surface area contributed by atoms with Crippen molar-refractivity contribution in [2.75, 3.05) is 13.2 Å². The zero-order valence-corrected chi connectivity index (χ0v) is 9.10. The van der Waals surface area contributed by atoms with Crippen LogP contribution in [-0.2, 0) is 23.8 Å². The average Bonchev–Trinajstić information content (AvgIpc) is 2.87. The van der Waals surface area contributed by atoms with Crippen molar-refractivity contribution in [2.24, 2.45) is 0 Å². The smallest absolute Gasteiger partial charge is 0.344 e. The molecule has 0 aromatic carbocycles. The minimum Gasteiger partial charge on any atom is -0.463 e. The van der Waals surface area contributed by atoms with E-state index in [0.717, 1.165) is 6.42 Å². The molecular formula is C11H14O5. The number of hydrogen-bond acceptors (Lipinski definition) is 5. The molecule has 2 bridgehead atoms. The lowest BCUT2D eigenvalue weighted by molar-refractivity contribution is -0.169. The van der Waals surface area contributed by atoms with Gasteiger partial charge in [0.15, 0.2) is 12.2 Å². The summed E-state index contributed by atoms with van der Waals surface area (Å²) < 4.78 is 15.0.